The molecule has 1 aliphatic heterocycles. The van der Waals surface area contributed by atoms with E-state index >= 15 is 0 Å². The van der Waals surface area contributed by atoms with Gasteiger partial charge in [-0.05, 0) is 41.4 Å². The molecule has 1 heterocycles. The minimum atomic E-state index is 0.677. The molecule has 0 bridgehead atoms. The van der Waals surface area contributed by atoms with Crippen LogP contribution in [0.2, 0.25) is 0 Å². The van der Waals surface area contributed by atoms with Gasteiger partial charge in [-0.1, -0.05) is 24.3 Å². The van der Waals surface area contributed by atoms with Gasteiger partial charge in [-0.15, -0.1) is 0 Å². The minimum Gasteiger partial charge on any atom is -0.326 e. The fourth-order valence-electron chi connectivity index (χ4n) is 2.01. The molecule has 2 heteroatoms. The van der Waals surface area contributed by atoms with Crippen molar-refractivity contribution < 1.29 is 0 Å². The summed E-state index contributed by atoms with van der Waals surface area (Å²) in [5, 5.41) is 0. The minimum absolute atomic E-state index is 0.677. The summed E-state index contributed by atoms with van der Waals surface area (Å²) in [6, 6.07) is 8.58. The molecule has 1 aromatic carbocycles. The lowest BCUT2D eigenvalue weighted by Gasteiger charge is -2.11. The normalized spacial score (nSPS) is 21.4. The first-order valence-corrected chi connectivity index (χ1v) is 6.40. The SMILES string of the molecule is NCc1ccccc1CC1CCSC1. The van der Waals surface area contributed by atoms with Crippen molar-refractivity contribution in [3.8, 4) is 0 Å². The number of nitrogens with two attached hydrogens (primary N) is 1. The van der Waals surface area contributed by atoms with Crippen molar-refractivity contribution >= 4 is 11.8 Å². The van der Waals surface area contributed by atoms with Crippen LogP contribution in [0.3, 0.4) is 0 Å². The Kier molecular flexibility index (Phi) is 3.49. The summed E-state index contributed by atoms with van der Waals surface area (Å²) in [6.07, 6.45) is 2.60. The predicted octanol–water partition coefficient (Wildman–Crippen LogP) is 2.44. The zero-order chi connectivity index (χ0) is 9.80. The lowest BCUT2D eigenvalue weighted by molar-refractivity contribution is 0.593. The van der Waals surface area contributed by atoms with Gasteiger partial charge in [0.15, 0.2) is 0 Å². The van der Waals surface area contributed by atoms with Crippen molar-refractivity contribution in [3.05, 3.63) is 35.4 Å². The number of hydrogen-bond donors (Lipinski definition) is 1. The Bertz CT molecular complexity index is 292. The third kappa shape index (κ3) is 2.31. The van der Waals surface area contributed by atoms with Crippen LogP contribution in [0.25, 0.3) is 0 Å². The van der Waals surface area contributed by atoms with Crippen LogP contribution in [0.4, 0.5) is 0 Å². The molecule has 1 atom stereocenters. The monoisotopic (exact) mass is 207 g/mol. The first kappa shape index (κ1) is 10.1. The van der Waals surface area contributed by atoms with Crippen LogP contribution in [0, 0.1) is 5.92 Å². The third-order valence-corrected chi connectivity index (χ3v) is 4.10. The molecule has 14 heavy (non-hydrogen) atoms. The van der Waals surface area contributed by atoms with Gasteiger partial charge >= 0.3 is 0 Å². The standard InChI is InChI=1S/C12H17NS/c13-8-12-4-2-1-3-11(12)7-10-5-6-14-9-10/h1-4,10H,5-9,13H2. The summed E-state index contributed by atoms with van der Waals surface area (Å²) in [6.45, 7) is 0.677. The Hall–Kier alpha value is -0.470. The summed E-state index contributed by atoms with van der Waals surface area (Å²) in [7, 11) is 0. The zero-order valence-corrected chi connectivity index (χ0v) is 9.22. The van der Waals surface area contributed by atoms with E-state index in [1.54, 1.807) is 0 Å². The molecule has 1 aliphatic rings. The molecule has 2 rings (SSSR count). The van der Waals surface area contributed by atoms with Gasteiger partial charge < -0.3 is 5.73 Å². The second-order valence-corrected chi connectivity index (χ2v) is 5.06. The molecular formula is C12H17NS. The van der Waals surface area contributed by atoms with E-state index in [1.165, 1.54) is 35.5 Å². The van der Waals surface area contributed by atoms with Gasteiger partial charge in [-0.3, -0.25) is 0 Å². The molecule has 2 N–H and O–H groups in total. The second-order valence-electron chi connectivity index (χ2n) is 3.91. The number of rotatable bonds is 3. The van der Waals surface area contributed by atoms with Crippen molar-refractivity contribution in [1.29, 1.82) is 0 Å². The van der Waals surface area contributed by atoms with Gasteiger partial charge in [0.05, 0.1) is 0 Å². The largest absolute Gasteiger partial charge is 0.326 e. The Morgan fingerprint density at radius 1 is 1.29 bits per heavy atom. The highest BCUT2D eigenvalue weighted by atomic mass is 32.2. The van der Waals surface area contributed by atoms with Gasteiger partial charge in [0.25, 0.3) is 0 Å². The van der Waals surface area contributed by atoms with Gasteiger partial charge in [0.2, 0.25) is 0 Å². The first-order valence-electron chi connectivity index (χ1n) is 5.24. The fraction of sp³-hybridized carbons (Fsp3) is 0.500. The van der Waals surface area contributed by atoms with Gasteiger partial charge in [-0.2, -0.15) is 11.8 Å². The van der Waals surface area contributed by atoms with E-state index in [1.807, 2.05) is 0 Å². The molecule has 1 saturated heterocycles. The quantitative estimate of drug-likeness (QED) is 0.824. The Morgan fingerprint density at radius 3 is 2.71 bits per heavy atom. The Labute approximate surface area is 90.1 Å². The highest BCUT2D eigenvalue weighted by Gasteiger charge is 2.16. The topological polar surface area (TPSA) is 26.0 Å². The van der Waals surface area contributed by atoms with Crippen molar-refractivity contribution in [2.24, 2.45) is 11.7 Å². The third-order valence-electron chi connectivity index (χ3n) is 2.87. The van der Waals surface area contributed by atoms with Crippen LogP contribution >= 0.6 is 11.8 Å². The van der Waals surface area contributed by atoms with Gasteiger partial charge in [-0.25, -0.2) is 0 Å². The van der Waals surface area contributed by atoms with Crippen LogP contribution in [0.5, 0.6) is 0 Å². The molecular weight excluding hydrogens is 190 g/mol. The maximum absolute atomic E-state index is 5.72. The molecule has 1 aromatic rings. The summed E-state index contributed by atoms with van der Waals surface area (Å²) < 4.78 is 0. The molecule has 1 unspecified atom stereocenters. The van der Waals surface area contributed by atoms with E-state index in [-0.39, 0.29) is 0 Å². The Morgan fingerprint density at radius 2 is 2.07 bits per heavy atom. The fourth-order valence-corrected chi connectivity index (χ4v) is 3.30. The van der Waals surface area contributed by atoms with E-state index in [2.05, 4.69) is 36.0 Å². The molecule has 76 valence electrons. The summed E-state index contributed by atoms with van der Waals surface area (Å²) in [4.78, 5) is 0. The van der Waals surface area contributed by atoms with Crippen LogP contribution in [0.1, 0.15) is 17.5 Å². The molecule has 0 radical (unpaired) electrons. The summed E-state index contributed by atoms with van der Waals surface area (Å²) >= 11 is 2.08. The molecule has 1 fully saturated rings. The second kappa shape index (κ2) is 4.85. The molecule has 0 saturated carbocycles. The highest BCUT2D eigenvalue weighted by Crippen LogP contribution is 2.27. The van der Waals surface area contributed by atoms with Crippen molar-refractivity contribution in [1.82, 2.24) is 0 Å². The van der Waals surface area contributed by atoms with Crippen molar-refractivity contribution in [2.45, 2.75) is 19.4 Å². The van der Waals surface area contributed by atoms with Crippen LogP contribution in [-0.4, -0.2) is 11.5 Å². The number of hydrogen-bond acceptors (Lipinski definition) is 2. The molecule has 0 aliphatic carbocycles. The Balaban J connectivity index is 2.07. The van der Waals surface area contributed by atoms with Gasteiger partial charge in [0.1, 0.15) is 0 Å². The lowest BCUT2D eigenvalue weighted by Crippen LogP contribution is -2.07. The van der Waals surface area contributed by atoms with E-state index in [0.29, 0.717) is 6.54 Å². The lowest BCUT2D eigenvalue weighted by atomic mass is 9.95. The summed E-state index contributed by atoms with van der Waals surface area (Å²) in [5.41, 5.74) is 8.50. The van der Waals surface area contributed by atoms with Crippen LogP contribution in [-0.2, 0) is 13.0 Å². The first-order chi connectivity index (χ1) is 6.90. The van der Waals surface area contributed by atoms with Gasteiger partial charge in [0, 0.05) is 6.54 Å². The van der Waals surface area contributed by atoms with E-state index in [0.717, 1.165) is 5.92 Å². The predicted molar refractivity (Wildman–Crippen MR) is 63.5 cm³/mol. The highest BCUT2D eigenvalue weighted by molar-refractivity contribution is 7.99. The van der Waals surface area contributed by atoms with Crippen molar-refractivity contribution in [2.75, 3.05) is 11.5 Å². The molecule has 0 amide bonds. The zero-order valence-electron chi connectivity index (χ0n) is 8.41. The van der Waals surface area contributed by atoms with Crippen LogP contribution in [0.15, 0.2) is 24.3 Å². The van der Waals surface area contributed by atoms with E-state index in [9.17, 15) is 0 Å². The van der Waals surface area contributed by atoms with Crippen LogP contribution < -0.4 is 5.73 Å². The van der Waals surface area contributed by atoms with E-state index < -0.39 is 0 Å². The molecule has 0 spiro atoms. The maximum atomic E-state index is 5.72. The maximum Gasteiger partial charge on any atom is 0.0180 e. The number of thioether (sulfide) groups is 1. The molecule has 1 nitrogen and oxygen atoms in total. The molecule has 0 aromatic heterocycles. The smallest absolute Gasteiger partial charge is 0.0180 e. The average molecular weight is 207 g/mol. The van der Waals surface area contributed by atoms with E-state index in [4.69, 9.17) is 5.73 Å². The van der Waals surface area contributed by atoms with Crippen molar-refractivity contribution in [3.63, 3.8) is 0 Å². The number of benzene rings is 1. The average Bonchev–Trinajstić information content (AvgIpc) is 2.71. The summed E-state index contributed by atoms with van der Waals surface area (Å²) in [5.74, 6) is 3.56.